The van der Waals surface area contributed by atoms with Gasteiger partial charge in [0.05, 0.1) is 0 Å². The summed E-state index contributed by atoms with van der Waals surface area (Å²) in [6.45, 7) is 7.57. The molecule has 1 saturated heterocycles. The SMILES string of the molecule is Cc1ccccc1CN1CCC(C)CC1CN. The topological polar surface area (TPSA) is 29.3 Å². The van der Waals surface area contributed by atoms with Crippen LogP contribution >= 0.6 is 0 Å². The number of nitrogens with two attached hydrogens (primary N) is 1. The summed E-state index contributed by atoms with van der Waals surface area (Å²) in [6.07, 6.45) is 2.56. The van der Waals surface area contributed by atoms with Crippen LogP contribution in [0.3, 0.4) is 0 Å². The van der Waals surface area contributed by atoms with Crippen LogP contribution in [0.15, 0.2) is 24.3 Å². The summed E-state index contributed by atoms with van der Waals surface area (Å²) in [5, 5.41) is 0. The van der Waals surface area contributed by atoms with Crippen molar-refractivity contribution in [2.45, 2.75) is 39.3 Å². The van der Waals surface area contributed by atoms with Gasteiger partial charge in [0.2, 0.25) is 0 Å². The first-order chi connectivity index (χ1) is 8.20. The van der Waals surface area contributed by atoms with Crippen molar-refractivity contribution in [2.75, 3.05) is 13.1 Å². The van der Waals surface area contributed by atoms with E-state index in [0.29, 0.717) is 6.04 Å². The highest BCUT2D eigenvalue weighted by Gasteiger charge is 2.25. The highest BCUT2D eigenvalue weighted by molar-refractivity contribution is 5.25. The van der Waals surface area contributed by atoms with Gasteiger partial charge in [-0.05, 0) is 43.4 Å². The zero-order valence-corrected chi connectivity index (χ0v) is 11.0. The largest absolute Gasteiger partial charge is 0.329 e. The molecule has 1 aromatic rings. The van der Waals surface area contributed by atoms with Crippen LogP contribution in [0.4, 0.5) is 0 Å². The van der Waals surface area contributed by atoms with E-state index in [1.807, 2.05) is 0 Å². The Labute approximate surface area is 105 Å². The van der Waals surface area contributed by atoms with Crippen LogP contribution in [-0.4, -0.2) is 24.0 Å². The van der Waals surface area contributed by atoms with Crippen LogP contribution in [0.1, 0.15) is 30.9 Å². The van der Waals surface area contributed by atoms with Crippen molar-refractivity contribution in [3.05, 3.63) is 35.4 Å². The van der Waals surface area contributed by atoms with Gasteiger partial charge in [0.1, 0.15) is 0 Å². The fraction of sp³-hybridized carbons (Fsp3) is 0.600. The van der Waals surface area contributed by atoms with E-state index in [1.54, 1.807) is 0 Å². The fourth-order valence-corrected chi connectivity index (χ4v) is 2.76. The minimum absolute atomic E-state index is 0.568. The van der Waals surface area contributed by atoms with Crippen molar-refractivity contribution >= 4 is 0 Å². The van der Waals surface area contributed by atoms with Gasteiger partial charge in [-0.3, -0.25) is 4.90 Å². The molecular weight excluding hydrogens is 208 g/mol. The fourth-order valence-electron chi connectivity index (χ4n) is 2.76. The number of nitrogens with zero attached hydrogens (tertiary/aromatic N) is 1. The van der Waals surface area contributed by atoms with Crippen molar-refractivity contribution in [1.82, 2.24) is 4.90 Å². The molecule has 0 aromatic heterocycles. The summed E-state index contributed by atoms with van der Waals surface area (Å²) < 4.78 is 0. The maximum absolute atomic E-state index is 5.91. The van der Waals surface area contributed by atoms with Gasteiger partial charge in [-0.2, -0.15) is 0 Å². The predicted octanol–water partition coefficient (Wildman–Crippen LogP) is 2.55. The molecule has 1 fully saturated rings. The number of hydrogen-bond acceptors (Lipinski definition) is 2. The molecule has 1 aromatic carbocycles. The molecule has 94 valence electrons. The molecule has 2 heteroatoms. The van der Waals surface area contributed by atoms with E-state index in [0.717, 1.165) is 19.0 Å². The summed E-state index contributed by atoms with van der Waals surface area (Å²) >= 11 is 0. The number of benzene rings is 1. The Morgan fingerprint density at radius 2 is 2.12 bits per heavy atom. The number of rotatable bonds is 3. The first-order valence-electron chi connectivity index (χ1n) is 6.69. The lowest BCUT2D eigenvalue weighted by Gasteiger charge is -2.38. The molecule has 0 amide bonds. The third-order valence-corrected chi connectivity index (χ3v) is 4.01. The zero-order chi connectivity index (χ0) is 12.3. The van der Waals surface area contributed by atoms with Crippen molar-refractivity contribution < 1.29 is 0 Å². The average Bonchev–Trinajstić information content (AvgIpc) is 2.34. The second-order valence-electron chi connectivity index (χ2n) is 5.42. The Hall–Kier alpha value is -0.860. The summed E-state index contributed by atoms with van der Waals surface area (Å²) in [5.41, 5.74) is 8.74. The molecule has 1 heterocycles. The van der Waals surface area contributed by atoms with Gasteiger partial charge in [0.15, 0.2) is 0 Å². The first-order valence-corrected chi connectivity index (χ1v) is 6.69. The quantitative estimate of drug-likeness (QED) is 0.868. The Kier molecular flexibility index (Phi) is 4.19. The van der Waals surface area contributed by atoms with Gasteiger partial charge in [0.25, 0.3) is 0 Å². The van der Waals surface area contributed by atoms with E-state index in [9.17, 15) is 0 Å². The predicted molar refractivity (Wildman–Crippen MR) is 72.8 cm³/mol. The number of aryl methyl sites for hydroxylation is 1. The molecule has 2 rings (SSSR count). The van der Waals surface area contributed by atoms with Crippen molar-refractivity contribution in [3.8, 4) is 0 Å². The molecule has 0 saturated carbocycles. The molecule has 1 aliphatic rings. The lowest BCUT2D eigenvalue weighted by Crippen LogP contribution is -2.45. The van der Waals surface area contributed by atoms with Crippen LogP contribution in [0, 0.1) is 12.8 Å². The van der Waals surface area contributed by atoms with Crippen LogP contribution < -0.4 is 5.73 Å². The third-order valence-electron chi connectivity index (χ3n) is 4.01. The van der Waals surface area contributed by atoms with E-state index in [-0.39, 0.29) is 0 Å². The van der Waals surface area contributed by atoms with E-state index >= 15 is 0 Å². The third kappa shape index (κ3) is 3.08. The second kappa shape index (κ2) is 5.65. The number of piperidine rings is 1. The summed E-state index contributed by atoms with van der Waals surface area (Å²) in [6, 6.07) is 9.24. The molecule has 0 bridgehead atoms. The van der Waals surface area contributed by atoms with E-state index < -0.39 is 0 Å². The zero-order valence-electron chi connectivity index (χ0n) is 11.0. The molecule has 2 unspecified atom stereocenters. The van der Waals surface area contributed by atoms with Gasteiger partial charge in [0, 0.05) is 19.1 Å². The van der Waals surface area contributed by atoms with E-state index in [2.05, 4.69) is 43.0 Å². The summed E-state index contributed by atoms with van der Waals surface area (Å²) in [7, 11) is 0. The Bertz CT molecular complexity index is 362. The monoisotopic (exact) mass is 232 g/mol. The Morgan fingerprint density at radius 1 is 1.35 bits per heavy atom. The van der Waals surface area contributed by atoms with Crippen LogP contribution in [-0.2, 0) is 6.54 Å². The molecule has 17 heavy (non-hydrogen) atoms. The summed E-state index contributed by atoms with van der Waals surface area (Å²) in [4.78, 5) is 2.56. The lowest BCUT2D eigenvalue weighted by atomic mass is 9.92. The normalized spacial score (nSPS) is 26.1. The molecule has 0 spiro atoms. The number of likely N-dealkylation sites (tertiary alicyclic amines) is 1. The molecule has 0 radical (unpaired) electrons. The van der Waals surface area contributed by atoms with Gasteiger partial charge in [-0.25, -0.2) is 0 Å². The van der Waals surface area contributed by atoms with Crippen molar-refractivity contribution in [1.29, 1.82) is 0 Å². The second-order valence-corrected chi connectivity index (χ2v) is 5.42. The van der Waals surface area contributed by atoms with Gasteiger partial charge >= 0.3 is 0 Å². The average molecular weight is 232 g/mol. The molecule has 2 N–H and O–H groups in total. The number of hydrogen-bond donors (Lipinski definition) is 1. The highest BCUT2D eigenvalue weighted by Crippen LogP contribution is 2.24. The minimum Gasteiger partial charge on any atom is -0.329 e. The minimum atomic E-state index is 0.568. The molecule has 1 aliphatic heterocycles. The van der Waals surface area contributed by atoms with E-state index in [4.69, 9.17) is 5.73 Å². The first kappa shape index (κ1) is 12.6. The van der Waals surface area contributed by atoms with E-state index in [1.165, 1.54) is 30.5 Å². The summed E-state index contributed by atoms with van der Waals surface area (Å²) in [5.74, 6) is 0.830. The maximum Gasteiger partial charge on any atom is 0.0239 e. The highest BCUT2D eigenvalue weighted by atomic mass is 15.2. The molecule has 2 atom stereocenters. The Morgan fingerprint density at radius 3 is 2.82 bits per heavy atom. The smallest absolute Gasteiger partial charge is 0.0239 e. The Balaban J connectivity index is 2.05. The van der Waals surface area contributed by atoms with Crippen LogP contribution in [0.2, 0.25) is 0 Å². The van der Waals surface area contributed by atoms with Crippen LogP contribution in [0.5, 0.6) is 0 Å². The van der Waals surface area contributed by atoms with Crippen LogP contribution in [0.25, 0.3) is 0 Å². The molecule has 0 aliphatic carbocycles. The van der Waals surface area contributed by atoms with Crippen molar-refractivity contribution in [2.24, 2.45) is 11.7 Å². The maximum atomic E-state index is 5.91. The molecule has 2 nitrogen and oxygen atoms in total. The van der Waals surface area contributed by atoms with Crippen molar-refractivity contribution in [3.63, 3.8) is 0 Å². The van der Waals surface area contributed by atoms with Gasteiger partial charge < -0.3 is 5.73 Å². The van der Waals surface area contributed by atoms with Gasteiger partial charge in [-0.1, -0.05) is 31.2 Å². The standard InChI is InChI=1S/C15H24N2/c1-12-7-8-17(15(9-12)10-16)11-14-6-4-3-5-13(14)2/h3-6,12,15H,7-11,16H2,1-2H3. The lowest BCUT2D eigenvalue weighted by molar-refractivity contribution is 0.115. The molecular formula is C15H24N2. The van der Waals surface area contributed by atoms with Gasteiger partial charge in [-0.15, -0.1) is 0 Å².